The van der Waals surface area contributed by atoms with Crippen LogP contribution in [0.4, 0.5) is 5.00 Å². The Morgan fingerprint density at radius 1 is 1.12 bits per heavy atom. The van der Waals surface area contributed by atoms with Crippen LogP contribution in [0, 0.1) is 13.8 Å². The van der Waals surface area contributed by atoms with E-state index in [0.717, 1.165) is 16.0 Å². The van der Waals surface area contributed by atoms with Gasteiger partial charge in [-0.3, -0.25) is 4.79 Å². The monoisotopic (exact) mass is 490 g/mol. The zero-order valence-electron chi connectivity index (χ0n) is 19.3. The van der Waals surface area contributed by atoms with E-state index in [-0.39, 0.29) is 11.7 Å². The molecule has 1 amide bonds. The molecule has 176 valence electrons. The van der Waals surface area contributed by atoms with Gasteiger partial charge in [0.25, 0.3) is 0 Å². The van der Waals surface area contributed by atoms with Crippen molar-refractivity contribution < 1.29 is 23.8 Å². The van der Waals surface area contributed by atoms with Crippen molar-refractivity contribution in [3.8, 4) is 22.9 Å². The molecule has 0 spiro atoms. The predicted octanol–water partition coefficient (Wildman–Crippen LogP) is 4.18. The van der Waals surface area contributed by atoms with Gasteiger partial charge in [-0.05, 0) is 44.5 Å². The van der Waals surface area contributed by atoms with Gasteiger partial charge in [-0.1, -0.05) is 11.8 Å². The van der Waals surface area contributed by atoms with Gasteiger partial charge >= 0.3 is 5.97 Å². The lowest BCUT2D eigenvalue weighted by atomic mass is 10.1. The minimum absolute atomic E-state index is 0.112. The highest BCUT2D eigenvalue weighted by Gasteiger charge is 2.22. The molecule has 2 heterocycles. The smallest absolute Gasteiger partial charge is 0.341 e. The Kier molecular flexibility index (Phi) is 7.98. The molecule has 3 aromatic rings. The van der Waals surface area contributed by atoms with Crippen LogP contribution in [0.3, 0.4) is 0 Å². The molecule has 0 unspecified atom stereocenters. The number of amides is 1. The average molecular weight is 491 g/mol. The number of benzene rings is 1. The first kappa shape index (κ1) is 24.6. The molecule has 0 aliphatic rings. The van der Waals surface area contributed by atoms with Gasteiger partial charge in [-0.25, -0.2) is 4.79 Å². The zero-order valence-corrected chi connectivity index (χ0v) is 21.0. The molecule has 1 N–H and O–H groups in total. The van der Waals surface area contributed by atoms with E-state index in [4.69, 9.17) is 14.2 Å². The number of nitrogens with one attached hydrogen (secondary N) is 1. The van der Waals surface area contributed by atoms with Gasteiger partial charge in [0.05, 0.1) is 32.6 Å². The van der Waals surface area contributed by atoms with Gasteiger partial charge in [0, 0.05) is 17.0 Å². The van der Waals surface area contributed by atoms with E-state index in [0.29, 0.717) is 39.6 Å². The second-order valence-corrected chi connectivity index (χ2v) is 9.10. The first-order valence-electron chi connectivity index (χ1n) is 10.1. The quantitative estimate of drug-likeness (QED) is 0.352. The Morgan fingerprint density at radius 2 is 1.85 bits per heavy atom. The number of aryl methyl sites for hydroxylation is 1. The number of rotatable bonds is 9. The number of thioether (sulfide) groups is 1. The Balaban J connectivity index is 1.76. The molecule has 0 radical (unpaired) electrons. The second kappa shape index (κ2) is 10.7. The number of thiophene rings is 1. The maximum atomic E-state index is 12.6. The summed E-state index contributed by atoms with van der Waals surface area (Å²) < 4.78 is 17.5. The minimum Gasteiger partial charge on any atom is -0.493 e. The van der Waals surface area contributed by atoms with E-state index in [2.05, 4.69) is 15.5 Å². The van der Waals surface area contributed by atoms with E-state index in [9.17, 15) is 9.59 Å². The topological polar surface area (TPSA) is 105 Å². The fraction of sp³-hybridized carbons (Fsp3) is 0.364. The SMILES string of the molecule is CCn1c(SCC(=O)Nc2sc(C)c(C)c2C(=O)OC)nnc1-c1ccc(OC)c(OC)c1. The summed E-state index contributed by atoms with van der Waals surface area (Å²) >= 11 is 2.63. The molecule has 0 bridgehead atoms. The van der Waals surface area contributed by atoms with E-state index < -0.39 is 5.97 Å². The number of hydrogen-bond donors (Lipinski definition) is 1. The number of hydrogen-bond acceptors (Lipinski definition) is 9. The van der Waals surface area contributed by atoms with Crippen molar-refractivity contribution in [2.24, 2.45) is 0 Å². The van der Waals surface area contributed by atoms with Crippen LogP contribution in [-0.2, 0) is 16.1 Å². The normalized spacial score (nSPS) is 10.7. The molecule has 0 fully saturated rings. The molecule has 9 nitrogen and oxygen atoms in total. The van der Waals surface area contributed by atoms with Gasteiger partial charge < -0.3 is 24.1 Å². The van der Waals surface area contributed by atoms with Crippen molar-refractivity contribution in [1.29, 1.82) is 0 Å². The summed E-state index contributed by atoms with van der Waals surface area (Å²) in [4.78, 5) is 25.7. The Morgan fingerprint density at radius 3 is 2.48 bits per heavy atom. The fourth-order valence-electron chi connectivity index (χ4n) is 3.23. The molecule has 0 aliphatic heterocycles. The highest BCUT2D eigenvalue weighted by Crippen LogP contribution is 2.34. The lowest BCUT2D eigenvalue weighted by Crippen LogP contribution is -2.16. The van der Waals surface area contributed by atoms with Gasteiger partial charge in [-0.2, -0.15) is 0 Å². The summed E-state index contributed by atoms with van der Waals surface area (Å²) in [5.41, 5.74) is 2.02. The molecule has 1 aromatic carbocycles. The summed E-state index contributed by atoms with van der Waals surface area (Å²) in [6.45, 7) is 6.34. The number of esters is 1. The summed E-state index contributed by atoms with van der Waals surface area (Å²) in [5.74, 6) is 1.28. The van der Waals surface area contributed by atoms with Crippen LogP contribution in [0.5, 0.6) is 11.5 Å². The lowest BCUT2D eigenvalue weighted by Gasteiger charge is -2.11. The number of carbonyl (C=O) groups excluding carboxylic acids is 2. The van der Waals surface area contributed by atoms with Crippen LogP contribution in [0.2, 0.25) is 0 Å². The van der Waals surface area contributed by atoms with Crippen LogP contribution in [0.25, 0.3) is 11.4 Å². The fourth-order valence-corrected chi connectivity index (χ4v) is 5.09. The number of carbonyl (C=O) groups is 2. The number of aromatic nitrogens is 3. The molecule has 0 saturated carbocycles. The summed E-state index contributed by atoms with van der Waals surface area (Å²) in [7, 11) is 4.48. The third-order valence-corrected chi connectivity index (χ3v) is 7.12. The van der Waals surface area contributed by atoms with Crippen molar-refractivity contribution in [2.75, 3.05) is 32.4 Å². The molecule has 2 aromatic heterocycles. The minimum atomic E-state index is -0.468. The van der Waals surface area contributed by atoms with Crippen LogP contribution in [-0.4, -0.2) is 53.7 Å². The Labute approximate surface area is 200 Å². The van der Waals surface area contributed by atoms with Crippen molar-refractivity contribution >= 4 is 40.0 Å². The third kappa shape index (κ3) is 5.14. The number of methoxy groups -OCH3 is 3. The van der Waals surface area contributed by atoms with Crippen molar-refractivity contribution in [3.05, 3.63) is 34.2 Å². The van der Waals surface area contributed by atoms with Gasteiger partial charge in [0.1, 0.15) is 5.00 Å². The van der Waals surface area contributed by atoms with Crippen molar-refractivity contribution in [1.82, 2.24) is 14.8 Å². The second-order valence-electron chi connectivity index (χ2n) is 6.94. The number of ether oxygens (including phenoxy) is 3. The highest BCUT2D eigenvalue weighted by atomic mass is 32.2. The maximum absolute atomic E-state index is 12.6. The summed E-state index contributed by atoms with van der Waals surface area (Å²) in [6.07, 6.45) is 0. The van der Waals surface area contributed by atoms with E-state index in [1.807, 2.05) is 43.5 Å². The highest BCUT2D eigenvalue weighted by molar-refractivity contribution is 7.99. The van der Waals surface area contributed by atoms with Crippen LogP contribution in [0.1, 0.15) is 27.7 Å². The average Bonchev–Trinajstić information content (AvgIpc) is 3.36. The molecule has 11 heteroatoms. The van der Waals surface area contributed by atoms with Crippen LogP contribution >= 0.6 is 23.1 Å². The largest absolute Gasteiger partial charge is 0.493 e. The molecular formula is C22H26N4O5S2. The number of anilines is 1. The third-order valence-electron chi connectivity index (χ3n) is 5.03. The van der Waals surface area contributed by atoms with Crippen LogP contribution < -0.4 is 14.8 Å². The van der Waals surface area contributed by atoms with E-state index in [1.54, 1.807) is 14.2 Å². The molecule has 33 heavy (non-hydrogen) atoms. The molecule has 0 aliphatic carbocycles. The van der Waals surface area contributed by atoms with E-state index in [1.165, 1.54) is 30.2 Å². The van der Waals surface area contributed by atoms with Crippen molar-refractivity contribution in [3.63, 3.8) is 0 Å². The predicted molar refractivity (Wildman–Crippen MR) is 129 cm³/mol. The molecule has 0 atom stereocenters. The first-order valence-corrected chi connectivity index (χ1v) is 11.9. The van der Waals surface area contributed by atoms with E-state index >= 15 is 0 Å². The zero-order chi connectivity index (χ0) is 24.1. The van der Waals surface area contributed by atoms with Gasteiger partial charge in [0.15, 0.2) is 22.5 Å². The number of nitrogens with zero attached hydrogens (tertiary/aromatic N) is 3. The first-order chi connectivity index (χ1) is 15.8. The summed E-state index contributed by atoms with van der Waals surface area (Å²) in [5, 5.41) is 12.5. The molecule has 3 rings (SSSR count). The standard InChI is InChI=1S/C22H26N4O5S2/c1-7-26-19(14-8-9-15(29-4)16(10-14)30-5)24-25-22(26)32-11-17(27)23-20-18(21(28)31-6)12(2)13(3)33-20/h8-10H,7,11H2,1-6H3,(H,23,27). The van der Waals surface area contributed by atoms with Crippen molar-refractivity contribution in [2.45, 2.75) is 32.5 Å². The van der Waals surface area contributed by atoms with Crippen LogP contribution in [0.15, 0.2) is 23.4 Å². The Hall–Kier alpha value is -3.05. The molecular weight excluding hydrogens is 464 g/mol. The maximum Gasteiger partial charge on any atom is 0.341 e. The summed E-state index contributed by atoms with van der Waals surface area (Å²) in [6, 6.07) is 5.54. The molecule has 0 saturated heterocycles. The Bertz CT molecular complexity index is 1170. The lowest BCUT2D eigenvalue weighted by molar-refractivity contribution is -0.113. The van der Waals surface area contributed by atoms with Gasteiger partial charge in [-0.15, -0.1) is 21.5 Å². The van der Waals surface area contributed by atoms with Gasteiger partial charge in [0.2, 0.25) is 5.91 Å².